The van der Waals surface area contributed by atoms with E-state index in [1.165, 1.54) is 0 Å². The Labute approximate surface area is 181 Å². The highest BCUT2D eigenvalue weighted by Crippen LogP contribution is 2.30. The number of aliphatic hydroxyl groups excluding tert-OH is 1. The van der Waals surface area contributed by atoms with Crippen molar-refractivity contribution in [2.75, 3.05) is 55.0 Å². The number of hydrogen-bond acceptors (Lipinski definition) is 4. The lowest BCUT2D eigenvalue weighted by Crippen LogP contribution is -2.56. The van der Waals surface area contributed by atoms with Crippen LogP contribution >= 0.6 is 0 Å². The summed E-state index contributed by atoms with van der Waals surface area (Å²) in [6, 6.07) is 0. The van der Waals surface area contributed by atoms with Crippen molar-refractivity contribution >= 4 is 17.8 Å². The van der Waals surface area contributed by atoms with Gasteiger partial charge in [-0.15, -0.1) is 0 Å². The minimum absolute atomic E-state index is 0.107. The van der Waals surface area contributed by atoms with Crippen molar-refractivity contribution in [1.29, 1.82) is 0 Å². The molecule has 0 fully saturated rings. The Morgan fingerprint density at radius 3 is 1.97 bits per heavy atom. The zero-order chi connectivity index (χ0) is 23.9. The molecule has 2 amide bonds. The van der Waals surface area contributed by atoms with Gasteiger partial charge in [0.15, 0.2) is 12.8 Å². The van der Waals surface area contributed by atoms with Crippen LogP contribution in [0.1, 0.15) is 40.0 Å². The van der Waals surface area contributed by atoms with Gasteiger partial charge in [0.2, 0.25) is 11.8 Å². The van der Waals surface area contributed by atoms with Gasteiger partial charge in [0, 0.05) is 11.3 Å². The highest BCUT2D eigenvalue weighted by molar-refractivity contribution is 5.83. The van der Waals surface area contributed by atoms with E-state index < -0.39 is 35.2 Å². The molecule has 3 unspecified atom stereocenters. The maximum atomic E-state index is 12.8. The second-order valence-corrected chi connectivity index (χ2v) is 10.8. The van der Waals surface area contributed by atoms with Crippen molar-refractivity contribution in [1.82, 2.24) is 5.32 Å². The number of aliphatic hydroxyl groups is 1. The molecule has 0 aromatic rings. The molecule has 9 nitrogen and oxygen atoms in total. The molecule has 0 aliphatic heterocycles. The molecule has 0 bridgehead atoms. The third-order valence-electron chi connectivity index (χ3n) is 5.32. The van der Waals surface area contributed by atoms with E-state index in [1.54, 1.807) is 20.8 Å². The molecule has 0 aliphatic rings. The van der Waals surface area contributed by atoms with Crippen LogP contribution in [0.2, 0.25) is 0 Å². The second-order valence-electron chi connectivity index (χ2n) is 10.8. The Balaban J connectivity index is 4.97. The Kier molecular flexibility index (Phi) is 10.4. The van der Waals surface area contributed by atoms with Crippen LogP contribution in [0.15, 0.2) is 0 Å². The zero-order valence-corrected chi connectivity index (χ0v) is 20.1. The van der Waals surface area contributed by atoms with Crippen molar-refractivity contribution < 1.29 is 33.6 Å². The average molecular weight is 433 g/mol. The van der Waals surface area contributed by atoms with Gasteiger partial charge in [0.25, 0.3) is 0 Å². The summed E-state index contributed by atoms with van der Waals surface area (Å²) >= 11 is 0. The van der Waals surface area contributed by atoms with Gasteiger partial charge in [-0.2, -0.15) is 0 Å². The van der Waals surface area contributed by atoms with Gasteiger partial charge in [-0.05, 0) is 19.3 Å². The summed E-state index contributed by atoms with van der Waals surface area (Å²) in [5.74, 6) is -3.17. The van der Waals surface area contributed by atoms with Gasteiger partial charge >= 0.3 is 5.97 Å². The number of aliphatic carboxylic acids is 1. The fourth-order valence-corrected chi connectivity index (χ4v) is 3.66. The van der Waals surface area contributed by atoms with E-state index in [-0.39, 0.29) is 18.7 Å². The number of primary amides is 1. The predicted octanol–water partition coefficient (Wildman–Crippen LogP) is 0.222. The normalized spacial score (nSPS) is 15.9. The van der Waals surface area contributed by atoms with E-state index in [0.717, 1.165) is 0 Å². The lowest BCUT2D eigenvalue weighted by molar-refractivity contribution is -0.908. The molecular formula is C21H44N4O5+2. The number of likely N-dealkylation sites (N-methyl/N-ethyl adjacent to an activating group) is 2. The monoisotopic (exact) mass is 432 g/mol. The van der Waals surface area contributed by atoms with Crippen molar-refractivity contribution in [3.05, 3.63) is 0 Å². The summed E-state index contributed by atoms with van der Waals surface area (Å²) in [5, 5.41) is 22.8. The van der Waals surface area contributed by atoms with Crippen molar-refractivity contribution in [3.63, 3.8) is 0 Å². The van der Waals surface area contributed by atoms with E-state index in [4.69, 9.17) is 5.73 Å². The minimum Gasteiger partial charge on any atom is -0.481 e. The first kappa shape index (κ1) is 28.3. The summed E-state index contributed by atoms with van der Waals surface area (Å²) in [7, 11) is 9.87. The van der Waals surface area contributed by atoms with Crippen LogP contribution in [-0.4, -0.2) is 98.1 Å². The van der Waals surface area contributed by atoms with E-state index in [2.05, 4.69) is 5.32 Å². The molecule has 176 valence electrons. The highest BCUT2D eigenvalue weighted by atomic mass is 16.4. The van der Waals surface area contributed by atoms with Gasteiger partial charge in [-0.3, -0.25) is 14.4 Å². The van der Waals surface area contributed by atoms with Crippen molar-refractivity contribution in [2.45, 2.75) is 46.1 Å². The number of nitrogens with two attached hydrogens (primary N) is 1. The summed E-state index contributed by atoms with van der Waals surface area (Å²) in [4.78, 5) is 36.0. The van der Waals surface area contributed by atoms with Gasteiger partial charge in [0.1, 0.15) is 13.1 Å². The summed E-state index contributed by atoms with van der Waals surface area (Å²) in [5.41, 5.74) is 4.43. The number of nitrogens with one attached hydrogen (secondary N) is 1. The number of amides is 2. The van der Waals surface area contributed by atoms with Gasteiger partial charge < -0.3 is 30.2 Å². The Morgan fingerprint density at radius 1 is 1.03 bits per heavy atom. The highest BCUT2D eigenvalue weighted by Gasteiger charge is 2.36. The molecule has 0 radical (unpaired) electrons. The maximum absolute atomic E-state index is 12.8. The fourth-order valence-electron chi connectivity index (χ4n) is 3.66. The van der Waals surface area contributed by atoms with E-state index in [0.29, 0.717) is 35.1 Å². The van der Waals surface area contributed by atoms with Crippen LogP contribution in [0.4, 0.5) is 0 Å². The van der Waals surface area contributed by atoms with Crippen molar-refractivity contribution in [2.24, 2.45) is 23.0 Å². The molecule has 0 rings (SSSR count). The molecule has 0 aliphatic carbocycles. The van der Waals surface area contributed by atoms with Crippen LogP contribution < -0.4 is 11.1 Å². The molecule has 0 spiro atoms. The summed E-state index contributed by atoms with van der Waals surface area (Å²) in [6.07, 6.45) is 0.181. The fraction of sp³-hybridized carbons (Fsp3) is 0.857. The quantitative estimate of drug-likeness (QED) is 0.230. The van der Waals surface area contributed by atoms with E-state index in [1.807, 2.05) is 35.2 Å². The van der Waals surface area contributed by atoms with Gasteiger partial charge in [-0.1, -0.05) is 20.8 Å². The van der Waals surface area contributed by atoms with E-state index >= 15 is 0 Å². The molecule has 0 heterocycles. The zero-order valence-electron chi connectivity index (χ0n) is 20.1. The molecule has 0 saturated heterocycles. The molecule has 30 heavy (non-hydrogen) atoms. The van der Waals surface area contributed by atoms with Gasteiger partial charge in [0.05, 0.1) is 41.2 Å². The Bertz CT molecular complexity index is 599. The third-order valence-corrected chi connectivity index (χ3v) is 5.32. The molecule has 0 aromatic heterocycles. The first-order valence-corrected chi connectivity index (χ1v) is 10.5. The molecular weight excluding hydrogens is 388 g/mol. The van der Waals surface area contributed by atoms with Crippen LogP contribution in [0.25, 0.3) is 0 Å². The number of carbonyl (C=O) groups excluding carboxylic acids is 2. The predicted molar refractivity (Wildman–Crippen MR) is 116 cm³/mol. The molecule has 0 aromatic carbocycles. The summed E-state index contributed by atoms with van der Waals surface area (Å²) < 4.78 is 1.03. The number of carboxylic acids is 1. The Hall–Kier alpha value is -1.71. The molecule has 3 atom stereocenters. The number of nitrogens with zero attached hydrogens (tertiary/aromatic N) is 2. The second kappa shape index (κ2) is 11.1. The van der Waals surface area contributed by atoms with Gasteiger partial charge in [-0.25, -0.2) is 0 Å². The topological polar surface area (TPSA) is 130 Å². The standard InChI is InChI=1S/C21H42N4O5/c1-9-15(18(22)27)10-16(19(28)29)11-21(2,3)20(30)23-14-25(7,8)13-17(26)12-24(4,5)6/h15-17,26H,9-14H2,1-8H3,(H2-2,22,23,27,28,29,30)/p+2. The Morgan fingerprint density at radius 2 is 1.57 bits per heavy atom. The van der Waals surface area contributed by atoms with Crippen LogP contribution in [-0.2, 0) is 14.4 Å². The lowest BCUT2D eigenvalue weighted by Gasteiger charge is -2.35. The number of carboxylic acid groups (broad SMARTS) is 1. The lowest BCUT2D eigenvalue weighted by atomic mass is 9.78. The summed E-state index contributed by atoms with van der Waals surface area (Å²) in [6.45, 7) is 6.59. The smallest absolute Gasteiger partial charge is 0.306 e. The van der Waals surface area contributed by atoms with Crippen LogP contribution in [0.5, 0.6) is 0 Å². The molecule has 5 N–H and O–H groups in total. The number of hydrogen-bond donors (Lipinski definition) is 4. The first-order valence-electron chi connectivity index (χ1n) is 10.5. The SMILES string of the molecule is CCC(CC(CC(C)(C)C(=O)NC[N+](C)(C)CC(O)C[N+](C)(C)C)C(=O)O)C(N)=O. The first-order chi connectivity index (χ1) is 13.4. The van der Waals surface area contributed by atoms with E-state index in [9.17, 15) is 24.6 Å². The van der Waals surface area contributed by atoms with Crippen molar-refractivity contribution in [3.8, 4) is 0 Å². The molecule has 0 saturated carbocycles. The minimum atomic E-state index is -1.03. The third kappa shape index (κ3) is 10.9. The largest absolute Gasteiger partial charge is 0.481 e. The number of quaternary nitrogens is 2. The number of rotatable bonds is 14. The number of carbonyl (C=O) groups is 3. The van der Waals surface area contributed by atoms with Crippen LogP contribution in [0.3, 0.4) is 0 Å². The average Bonchev–Trinajstić information content (AvgIpc) is 2.53. The maximum Gasteiger partial charge on any atom is 0.306 e. The molecule has 9 heteroatoms. The van der Waals surface area contributed by atoms with Crippen LogP contribution in [0, 0.1) is 17.3 Å².